The number of aryl methyl sites for hydroxylation is 1. The smallest absolute Gasteiger partial charge is 0.208 e. The van der Waals surface area contributed by atoms with Crippen molar-refractivity contribution in [3.63, 3.8) is 0 Å². The molecule has 5 nitrogen and oxygen atoms in total. The fourth-order valence-corrected chi connectivity index (χ4v) is 3.61. The maximum atomic E-state index is 10.3. The minimum atomic E-state index is -0.426. The molecule has 3 rings (SSSR count). The van der Waals surface area contributed by atoms with Crippen molar-refractivity contribution in [2.75, 3.05) is 11.4 Å². The highest BCUT2D eigenvalue weighted by Gasteiger charge is 2.47. The second kappa shape index (κ2) is 3.65. The van der Waals surface area contributed by atoms with Gasteiger partial charge in [-0.1, -0.05) is 0 Å². The summed E-state index contributed by atoms with van der Waals surface area (Å²) in [5, 5.41) is 11.2. The molecule has 1 aromatic heterocycles. The average Bonchev–Trinajstić information content (AvgIpc) is 2.89. The lowest BCUT2D eigenvalue weighted by atomic mass is 10.2. The van der Waals surface area contributed by atoms with Crippen molar-refractivity contribution in [1.82, 2.24) is 14.3 Å². The molecule has 2 fully saturated rings. The van der Waals surface area contributed by atoms with Gasteiger partial charge in [0.05, 0.1) is 12.2 Å². The first-order valence-corrected chi connectivity index (χ1v) is 6.48. The number of nitrogens with zero attached hydrogens (tertiary/aromatic N) is 4. The second-order valence-electron chi connectivity index (χ2n) is 4.52. The van der Waals surface area contributed by atoms with E-state index in [1.165, 1.54) is 18.0 Å². The molecule has 16 heavy (non-hydrogen) atoms. The number of anilines is 1. The predicted molar refractivity (Wildman–Crippen MR) is 62.3 cm³/mol. The highest BCUT2D eigenvalue weighted by molar-refractivity contribution is 7.09. The average molecular weight is 240 g/mol. The molecule has 3 heterocycles. The van der Waals surface area contributed by atoms with Gasteiger partial charge in [-0.3, -0.25) is 4.90 Å². The maximum Gasteiger partial charge on any atom is 0.208 e. The summed E-state index contributed by atoms with van der Waals surface area (Å²) in [5.41, 5.74) is 0. The van der Waals surface area contributed by atoms with E-state index in [-0.39, 0.29) is 12.2 Å². The molecule has 88 valence electrons. The van der Waals surface area contributed by atoms with Crippen molar-refractivity contribution < 1.29 is 5.11 Å². The van der Waals surface area contributed by atoms with Crippen molar-refractivity contribution >= 4 is 16.7 Å². The van der Waals surface area contributed by atoms with Crippen molar-refractivity contribution in [3.8, 4) is 0 Å². The number of rotatable bonds is 1. The number of hydrogen-bond donors (Lipinski definition) is 1. The fraction of sp³-hybridized carbons (Fsp3) is 0.800. The Balaban J connectivity index is 1.91. The van der Waals surface area contributed by atoms with Crippen LogP contribution in [0.2, 0.25) is 0 Å². The Labute approximate surface area is 98.9 Å². The van der Waals surface area contributed by atoms with Gasteiger partial charge in [0.15, 0.2) is 0 Å². The molecule has 0 amide bonds. The summed E-state index contributed by atoms with van der Waals surface area (Å²) in [7, 11) is 0. The van der Waals surface area contributed by atoms with Gasteiger partial charge >= 0.3 is 0 Å². The van der Waals surface area contributed by atoms with Crippen molar-refractivity contribution in [3.05, 3.63) is 5.82 Å². The van der Waals surface area contributed by atoms with Crippen LogP contribution in [0.25, 0.3) is 0 Å². The Bertz CT molecular complexity index is 380. The normalized spacial score (nSPS) is 34.7. The molecule has 2 aliphatic rings. The molecule has 0 aromatic carbocycles. The number of fused-ring (bicyclic) bond motifs is 1. The predicted octanol–water partition coefficient (Wildman–Crippen LogP) is 0.795. The van der Waals surface area contributed by atoms with Crippen LogP contribution in [0.4, 0.5) is 5.13 Å². The van der Waals surface area contributed by atoms with E-state index in [1.807, 2.05) is 11.8 Å². The van der Waals surface area contributed by atoms with Gasteiger partial charge in [0.2, 0.25) is 5.13 Å². The summed E-state index contributed by atoms with van der Waals surface area (Å²) >= 11 is 1.37. The Morgan fingerprint density at radius 1 is 1.50 bits per heavy atom. The summed E-state index contributed by atoms with van der Waals surface area (Å²) in [4.78, 5) is 8.72. The van der Waals surface area contributed by atoms with Crippen LogP contribution in [0, 0.1) is 6.92 Å². The third-order valence-electron chi connectivity index (χ3n) is 3.59. The lowest BCUT2D eigenvalue weighted by Crippen LogP contribution is -2.39. The Morgan fingerprint density at radius 2 is 2.31 bits per heavy atom. The van der Waals surface area contributed by atoms with E-state index in [1.54, 1.807) is 0 Å². The van der Waals surface area contributed by atoms with Gasteiger partial charge in [0.25, 0.3) is 0 Å². The highest BCUT2D eigenvalue weighted by atomic mass is 32.1. The molecule has 0 spiro atoms. The molecule has 2 saturated heterocycles. The van der Waals surface area contributed by atoms with Crippen LogP contribution in [0.1, 0.15) is 25.6 Å². The first-order chi connectivity index (χ1) is 7.68. The van der Waals surface area contributed by atoms with Crippen LogP contribution >= 0.6 is 11.5 Å². The second-order valence-corrected chi connectivity index (χ2v) is 5.25. The molecule has 1 N–H and O–H groups in total. The number of hydrogen-bond acceptors (Lipinski definition) is 6. The van der Waals surface area contributed by atoms with E-state index in [2.05, 4.69) is 21.2 Å². The van der Waals surface area contributed by atoms with Gasteiger partial charge in [-0.25, -0.2) is 4.98 Å². The lowest BCUT2D eigenvalue weighted by molar-refractivity contribution is 0.135. The van der Waals surface area contributed by atoms with E-state index in [0.717, 1.165) is 23.9 Å². The number of aliphatic hydroxyl groups is 1. The highest BCUT2D eigenvalue weighted by Crippen LogP contribution is 2.36. The third kappa shape index (κ3) is 1.37. The zero-order valence-corrected chi connectivity index (χ0v) is 10.3. The van der Waals surface area contributed by atoms with Crippen LogP contribution in [0.15, 0.2) is 0 Å². The van der Waals surface area contributed by atoms with Crippen LogP contribution in [0.3, 0.4) is 0 Å². The Kier molecular flexibility index (Phi) is 2.38. The maximum absolute atomic E-state index is 10.3. The molecule has 1 aromatic rings. The third-order valence-corrected chi connectivity index (χ3v) is 4.41. The standard InChI is InChI=1S/C10H16N4OS/c1-6-11-10(16-12-6)14-7(2)13-5-3-4-8(13)9(14)15/h7-9,15H,3-5H2,1-2H3. The van der Waals surface area contributed by atoms with Crippen molar-refractivity contribution in [2.45, 2.75) is 45.1 Å². The first kappa shape index (κ1) is 10.4. The summed E-state index contributed by atoms with van der Waals surface area (Å²) in [6, 6.07) is 0.277. The molecule has 0 aliphatic carbocycles. The fourth-order valence-electron chi connectivity index (χ4n) is 2.83. The van der Waals surface area contributed by atoms with Gasteiger partial charge in [-0.2, -0.15) is 4.37 Å². The monoisotopic (exact) mass is 240 g/mol. The van der Waals surface area contributed by atoms with Crippen LogP contribution in [-0.4, -0.2) is 44.3 Å². The molecule has 0 saturated carbocycles. The summed E-state index contributed by atoms with van der Waals surface area (Å²) in [6.45, 7) is 5.09. The Morgan fingerprint density at radius 3 is 2.94 bits per heavy atom. The molecular formula is C10H16N4OS. The van der Waals surface area contributed by atoms with Gasteiger partial charge in [-0.15, -0.1) is 0 Å². The molecular weight excluding hydrogens is 224 g/mol. The van der Waals surface area contributed by atoms with Crippen molar-refractivity contribution in [2.24, 2.45) is 0 Å². The van der Waals surface area contributed by atoms with Gasteiger partial charge in [-0.05, 0) is 26.7 Å². The quantitative estimate of drug-likeness (QED) is 0.786. The zero-order chi connectivity index (χ0) is 11.3. The largest absolute Gasteiger partial charge is 0.372 e. The van der Waals surface area contributed by atoms with Crippen molar-refractivity contribution in [1.29, 1.82) is 0 Å². The zero-order valence-electron chi connectivity index (χ0n) is 9.50. The van der Waals surface area contributed by atoms with E-state index in [4.69, 9.17) is 0 Å². The number of aliphatic hydroxyl groups excluding tert-OH is 1. The van der Waals surface area contributed by atoms with Gasteiger partial charge in [0.1, 0.15) is 12.1 Å². The summed E-state index contributed by atoms with van der Waals surface area (Å²) in [6.07, 6.45) is 2.08. The van der Waals surface area contributed by atoms with E-state index >= 15 is 0 Å². The molecule has 0 bridgehead atoms. The Hall–Kier alpha value is -0.720. The minimum absolute atomic E-state index is 0.231. The minimum Gasteiger partial charge on any atom is -0.372 e. The summed E-state index contributed by atoms with van der Waals surface area (Å²) in [5.74, 6) is 0.784. The van der Waals surface area contributed by atoms with Crippen LogP contribution < -0.4 is 4.90 Å². The van der Waals surface area contributed by atoms with Crippen LogP contribution in [-0.2, 0) is 0 Å². The van der Waals surface area contributed by atoms with E-state index in [9.17, 15) is 5.11 Å². The molecule has 6 heteroatoms. The van der Waals surface area contributed by atoms with E-state index in [0.29, 0.717) is 0 Å². The summed E-state index contributed by atoms with van der Waals surface area (Å²) < 4.78 is 4.18. The molecule has 2 aliphatic heterocycles. The van der Waals surface area contributed by atoms with Crippen LogP contribution in [0.5, 0.6) is 0 Å². The van der Waals surface area contributed by atoms with Gasteiger partial charge in [0, 0.05) is 18.1 Å². The molecule has 3 unspecified atom stereocenters. The van der Waals surface area contributed by atoms with Gasteiger partial charge < -0.3 is 10.0 Å². The van der Waals surface area contributed by atoms with E-state index < -0.39 is 6.23 Å². The molecule has 3 atom stereocenters. The topological polar surface area (TPSA) is 52.5 Å². The lowest BCUT2D eigenvalue weighted by Gasteiger charge is -2.26. The SMILES string of the molecule is Cc1nsc(N2C(O)C3CCCN3C2C)n1. The molecule has 0 radical (unpaired) electrons. The first-order valence-electron chi connectivity index (χ1n) is 5.71. The number of aromatic nitrogens is 2.